The number of hydrogen-bond donors (Lipinski definition) is 0. The van der Waals surface area contributed by atoms with Crippen molar-refractivity contribution in [2.45, 2.75) is 13.5 Å². The van der Waals surface area contributed by atoms with Crippen LogP contribution in [0.4, 0.5) is 10.1 Å². The number of benzene rings is 2. The summed E-state index contributed by atoms with van der Waals surface area (Å²) in [6.45, 7) is 2.29. The maximum Gasteiger partial charge on any atom is 0.336 e. The first kappa shape index (κ1) is 20.2. The Bertz CT molecular complexity index is 1490. The van der Waals surface area contributed by atoms with E-state index in [4.69, 9.17) is 4.74 Å². The Morgan fingerprint density at radius 3 is 2.75 bits per heavy atom. The number of amides is 1. The third-order valence-corrected chi connectivity index (χ3v) is 6.31. The zero-order chi connectivity index (χ0) is 22.4. The van der Waals surface area contributed by atoms with Crippen LogP contribution in [0.15, 0.2) is 63.5 Å². The molecule has 0 radical (unpaired) electrons. The molecule has 3 heterocycles. The summed E-state index contributed by atoms with van der Waals surface area (Å²) >= 11 is 1.14. The van der Waals surface area contributed by atoms with Crippen LogP contribution in [0.5, 0.6) is 5.75 Å². The molecule has 0 N–H and O–H groups in total. The van der Waals surface area contributed by atoms with Crippen molar-refractivity contribution in [3.63, 3.8) is 0 Å². The summed E-state index contributed by atoms with van der Waals surface area (Å²) in [4.78, 5) is 41.2. The molecule has 2 aromatic heterocycles. The highest BCUT2D eigenvalue weighted by atomic mass is 32.1. The lowest BCUT2D eigenvalue weighted by atomic mass is 10.1. The van der Waals surface area contributed by atoms with E-state index in [0.29, 0.717) is 30.1 Å². The topological polar surface area (TPSA) is 73.5 Å². The molecule has 162 valence electrons. The minimum Gasteiger partial charge on any atom is -0.490 e. The predicted molar refractivity (Wildman–Crippen MR) is 121 cm³/mol. The van der Waals surface area contributed by atoms with Gasteiger partial charge in [-0.05, 0) is 48.2 Å². The lowest BCUT2D eigenvalue weighted by Gasteiger charge is -2.30. The van der Waals surface area contributed by atoms with Gasteiger partial charge in [0.1, 0.15) is 29.4 Å². The van der Waals surface area contributed by atoms with Crippen molar-refractivity contribution < 1.29 is 13.9 Å². The van der Waals surface area contributed by atoms with Crippen molar-refractivity contribution in [1.82, 2.24) is 9.13 Å². The Labute approximate surface area is 185 Å². The zero-order valence-electron chi connectivity index (χ0n) is 17.1. The van der Waals surface area contributed by atoms with Gasteiger partial charge < -0.3 is 9.64 Å². The van der Waals surface area contributed by atoms with Crippen molar-refractivity contribution >= 4 is 33.1 Å². The first-order valence-corrected chi connectivity index (χ1v) is 10.9. The van der Waals surface area contributed by atoms with Crippen LogP contribution in [0.2, 0.25) is 0 Å². The minimum absolute atomic E-state index is 0.147. The van der Waals surface area contributed by atoms with Gasteiger partial charge in [0.05, 0.1) is 23.4 Å². The quantitative estimate of drug-likeness (QED) is 0.480. The Balaban J connectivity index is 1.64. The molecule has 0 atom stereocenters. The van der Waals surface area contributed by atoms with Gasteiger partial charge in [-0.3, -0.25) is 14.2 Å². The molecule has 0 saturated heterocycles. The maximum atomic E-state index is 14.5. The molecule has 5 rings (SSSR count). The largest absolute Gasteiger partial charge is 0.490 e. The summed E-state index contributed by atoms with van der Waals surface area (Å²) in [5, 5.41) is 1.67. The van der Waals surface area contributed by atoms with Crippen LogP contribution in [0.25, 0.3) is 15.9 Å². The number of aromatic nitrogens is 2. The van der Waals surface area contributed by atoms with E-state index in [0.717, 1.165) is 21.5 Å². The molecule has 0 unspecified atom stereocenters. The van der Waals surface area contributed by atoms with Gasteiger partial charge in [-0.2, -0.15) is 0 Å². The number of rotatable bonds is 3. The van der Waals surface area contributed by atoms with Gasteiger partial charge in [-0.1, -0.05) is 18.2 Å². The first-order chi connectivity index (χ1) is 15.5. The summed E-state index contributed by atoms with van der Waals surface area (Å²) in [7, 11) is 0. The molecule has 4 aromatic rings. The van der Waals surface area contributed by atoms with Gasteiger partial charge in [-0.25, -0.2) is 13.8 Å². The second kappa shape index (κ2) is 7.76. The third-order valence-electron chi connectivity index (χ3n) is 5.42. The second-order valence-corrected chi connectivity index (χ2v) is 8.38. The van der Waals surface area contributed by atoms with E-state index in [1.165, 1.54) is 22.8 Å². The first-order valence-electron chi connectivity index (χ1n) is 9.97. The molecule has 1 amide bonds. The fourth-order valence-electron chi connectivity index (χ4n) is 3.89. The van der Waals surface area contributed by atoms with Crippen LogP contribution < -0.4 is 20.9 Å². The number of nitrogens with zero attached hydrogens (tertiary/aromatic N) is 3. The minimum atomic E-state index is -0.767. The molecule has 1 aliphatic heterocycles. The number of ether oxygens (including phenoxy) is 1. The monoisotopic (exact) mass is 451 g/mol. The van der Waals surface area contributed by atoms with Gasteiger partial charge in [0.15, 0.2) is 0 Å². The van der Waals surface area contributed by atoms with Crippen LogP contribution in [0, 0.1) is 12.7 Å². The summed E-state index contributed by atoms with van der Waals surface area (Å²) in [5.41, 5.74) is 0.434. The fourth-order valence-corrected chi connectivity index (χ4v) is 4.72. The van der Waals surface area contributed by atoms with E-state index in [1.54, 1.807) is 22.4 Å². The van der Waals surface area contributed by atoms with Gasteiger partial charge in [0.25, 0.3) is 5.56 Å². The average Bonchev–Trinajstić information content (AvgIpc) is 3.27. The van der Waals surface area contributed by atoms with E-state index in [-0.39, 0.29) is 22.8 Å². The molecule has 0 fully saturated rings. The van der Waals surface area contributed by atoms with Crippen LogP contribution in [-0.4, -0.2) is 28.2 Å². The molecule has 1 aliphatic rings. The number of hydrogen-bond acceptors (Lipinski definition) is 5. The van der Waals surface area contributed by atoms with Crippen LogP contribution >= 0.6 is 11.3 Å². The fraction of sp³-hybridized carbons (Fsp3) is 0.174. The average molecular weight is 451 g/mol. The van der Waals surface area contributed by atoms with Gasteiger partial charge in [0.2, 0.25) is 5.91 Å². The molecule has 9 heteroatoms. The second-order valence-electron chi connectivity index (χ2n) is 7.46. The number of anilines is 1. The normalized spacial score (nSPS) is 13.1. The van der Waals surface area contributed by atoms with E-state index >= 15 is 0 Å². The molecule has 0 bridgehead atoms. The molecule has 7 nitrogen and oxygen atoms in total. The highest BCUT2D eigenvalue weighted by molar-refractivity contribution is 7.17. The van der Waals surface area contributed by atoms with Crippen molar-refractivity contribution in [2.75, 3.05) is 18.1 Å². The number of fused-ring (bicyclic) bond motifs is 2. The Morgan fingerprint density at radius 2 is 1.94 bits per heavy atom. The number of aryl methyl sites for hydroxylation is 1. The van der Waals surface area contributed by atoms with Crippen molar-refractivity contribution in [3.8, 4) is 11.4 Å². The molecule has 0 aliphatic carbocycles. The molecular weight excluding hydrogens is 433 g/mol. The predicted octanol–water partition coefficient (Wildman–Crippen LogP) is 3.09. The lowest BCUT2D eigenvalue weighted by molar-refractivity contribution is -0.119. The number of carbonyl (C=O) groups is 1. The van der Waals surface area contributed by atoms with E-state index in [9.17, 15) is 18.8 Å². The van der Waals surface area contributed by atoms with Gasteiger partial charge >= 0.3 is 5.69 Å². The smallest absolute Gasteiger partial charge is 0.336 e. The molecular formula is C23H18FN3O4S. The molecule has 0 spiro atoms. The summed E-state index contributed by atoms with van der Waals surface area (Å²) in [5.74, 6) is -0.425. The molecule has 2 aromatic carbocycles. The van der Waals surface area contributed by atoms with Crippen LogP contribution in [0.3, 0.4) is 0 Å². The SMILES string of the molecule is Cc1ccc2c(c1)N(C(=O)Cn1c(=O)n(-c3ccccc3F)c(=O)c3sccc31)CCO2. The molecule has 0 saturated carbocycles. The molecule has 32 heavy (non-hydrogen) atoms. The number of para-hydroxylation sites is 1. The number of thiophene rings is 1. The highest BCUT2D eigenvalue weighted by Gasteiger charge is 2.26. The lowest BCUT2D eigenvalue weighted by Crippen LogP contribution is -2.44. The number of halogens is 1. The van der Waals surface area contributed by atoms with Crippen LogP contribution in [0.1, 0.15) is 5.56 Å². The standard InChI is InChI=1S/C23H18FN3O4S/c1-14-6-7-19-18(12-14)25(9-10-31-19)20(28)13-26-17-8-11-32-21(17)22(29)27(23(26)30)16-5-3-2-4-15(16)24/h2-8,11-12H,9-10,13H2,1H3. The van der Waals surface area contributed by atoms with Crippen molar-refractivity contribution in [1.29, 1.82) is 0 Å². The summed E-state index contributed by atoms with van der Waals surface area (Å²) < 4.78 is 22.4. The third kappa shape index (κ3) is 3.21. The van der Waals surface area contributed by atoms with Crippen molar-refractivity contribution in [3.05, 3.63) is 86.1 Å². The number of carbonyl (C=O) groups excluding carboxylic acids is 1. The Hall–Kier alpha value is -3.72. The Kier molecular flexibility index (Phi) is 4.90. The summed E-state index contributed by atoms with van der Waals surface area (Å²) in [6, 6.07) is 12.8. The van der Waals surface area contributed by atoms with Crippen molar-refractivity contribution in [2.24, 2.45) is 0 Å². The summed E-state index contributed by atoms with van der Waals surface area (Å²) in [6.07, 6.45) is 0. The van der Waals surface area contributed by atoms with Gasteiger partial charge in [0, 0.05) is 0 Å². The van der Waals surface area contributed by atoms with E-state index in [2.05, 4.69) is 0 Å². The Morgan fingerprint density at radius 1 is 1.12 bits per heavy atom. The zero-order valence-corrected chi connectivity index (χ0v) is 17.9. The van der Waals surface area contributed by atoms with E-state index < -0.39 is 17.1 Å². The maximum absolute atomic E-state index is 14.5. The van der Waals surface area contributed by atoms with Crippen LogP contribution in [-0.2, 0) is 11.3 Å². The van der Waals surface area contributed by atoms with E-state index in [1.807, 2.05) is 25.1 Å². The van der Waals surface area contributed by atoms with Gasteiger partial charge in [-0.15, -0.1) is 11.3 Å². The highest BCUT2D eigenvalue weighted by Crippen LogP contribution is 2.32.